The van der Waals surface area contributed by atoms with Gasteiger partial charge in [0.05, 0.1) is 36.4 Å². The molecule has 1 amide bonds. The molecule has 1 atom stereocenters. The van der Waals surface area contributed by atoms with E-state index >= 15 is 0 Å². The molecule has 2 aliphatic heterocycles. The highest BCUT2D eigenvalue weighted by atomic mass is 79.9. The van der Waals surface area contributed by atoms with Crippen molar-refractivity contribution in [3.05, 3.63) is 62.9 Å². The van der Waals surface area contributed by atoms with Crippen LogP contribution in [-0.4, -0.2) is 78.2 Å². The normalized spacial score (nSPS) is 20.2. The smallest absolute Gasteiger partial charge is 0.295 e. The summed E-state index contributed by atoms with van der Waals surface area (Å²) in [4.78, 5) is 30.0. The van der Waals surface area contributed by atoms with Gasteiger partial charge in [0.1, 0.15) is 11.6 Å². The number of aromatic hydroxyl groups is 1. The molecule has 2 heterocycles. The molecule has 0 aromatic heterocycles. The predicted octanol–water partition coefficient (Wildman–Crippen LogP) is 3.75. The predicted molar refractivity (Wildman–Crippen MR) is 134 cm³/mol. The highest BCUT2D eigenvalue weighted by molar-refractivity contribution is 9.10. The van der Waals surface area contributed by atoms with Crippen LogP contribution >= 0.6 is 15.9 Å². The molecule has 2 N–H and O–H groups in total. The first-order chi connectivity index (χ1) is 17.2. The summed E-state index contributed by atoms with van der Waals surface area (Å²) in [6.07, 6.45) is 0.596. The number of Topliss-reactive ketones (excluding diaryl/α,β-unsaturated/α-hetero) is 1. The van der Waals surface area contributed by atoms with E-state index in [4.69, 9.17) is 9.47 Å². The first kappa shape index (κ1) is 26.1. The zero-order chi connectivity index (χ0) is 26.0. The minimum atomic E-state index is -0.954. The molecule has 1 unspecified atom stereocenters. The number of ether oxygens (including phenoxy) is 2. The van der Waals surface area contributed by atoms with Crippen molar-refractivity contribution in [2.75, 3.05) is 46.5 Å². The Labute approximate surface area is 217 Å². The first-order valence-corrected chi connectivity index (χ1v) is 12.4. The van der Waals surface area contributed by atoms with Gasteiger partial charge in [-0.3, -0.25) is 14.5 Å². The number of aryl methyl sites for hydroxylation is 1. The van der Waals surface area contributed by atoms with E-state index in [2.05, 4.69) is 20.8 Å². The second-order valence-electron chi connectivity index (χ2n) is 8.82. The number of hydrogen-bond donors (Lipinski definition) is 2. The molecule has 4 rings (SSSR count). The lowest BCUT2D eigenvalue weighted by Gasteiger charge is -2.29. The van der Waals surface area contributed by atoms with Crippen LogP contribution in [0.1, 0.15) is 29.2 Å². The SMILES string of the molecule is COc1cc(C2/C(=C(/O)c3ccc(C)c(F)c3)C(=O)C(=O)N2CCCN2CCOCC2)cc(Br)c1O. The Balaban J connectivity index is 1.76. The molecule has 0 saturated carbocycles. The number of aliphatic hydroxyl groups excluding tert-OH is 1. The molecule has 192 valence electrons. The van der Waals surface area contributed by atoms with Gasteiger partial charge in [-0.2, -0.15) is 0 Å². The standard InChI is InChI=1S/C26H28BrFN2O6/c1-15-4-5-16(13-19(15)28)23(31)21-22(17-12-18(27)24(32)20(14-17)35-2)30(26(34)25(21)33)7-3-6-29-8-10-36-11-9-29/h4-5,12-14,22,31-32H,3,6-11H2,1-2H3/b23-21-. The number of ketones is 1. The van der Waals surface area contributed by atoms with E-state index in [1.807, 2.05) is 0 Å². The van der Waals surface area contributed by atoms with Gasteiger partial charge in [0.15, 0.2) is 11.5 Å². The van der Waals surface area contributed by atoms with Crippen molar-refractivity contribution in [3.63, 3.8) is 0 Å². The van der Waals surface area contributed by atoms with E-state index in [0.29, 0.717) is 41.8 Å². The molecule has 36 heavy (non-hydrogen) atoms. The summed E-state index contributed by atoms with van der Waals surface area (Å²) < 4.78 is 25.2. The number of rotatable bonds is 7. The Morgan fingerprint density at radius 3 is 2.58 bits per heavy atom. The maximum Gasteiger partial charge on any atom is 0.295 e. The largest absolute Gasteiger partial charge is 0.507 e. The number of aliphatic hydroxyl groups is 1. The highest BCUT2D eigenvalue weighted by Crippen LogP contribution is 2.44. The molecule has 8 nitrogen and oxygen atoms in total. The van der Waals surface area contributed by atoms with Gasteiger partial charge >= 0.3 is 0 Å². The van der Waals surface area contributed by atoms with E-state index in [1.54, 1.807) is 13.0 Å². The quantitative estimate of drug-likeness (QED) is 0.301. The number of carbonyl (C=O) groups excluding carboxylic acids is 2. The maximum atomic E-state index is 14.3. The van der Waals surface area contributed by atoms with Crippen LogP contribution < -0.4 is 4.74 Å². The molecule has 2 aliphatic rings. The number of phenolic OH excluding ortho intramolecular Hbond substituents is 1. The van der Waals surface area contributed by atoms with E-state index < -0.39 is 29.3 Å². The van der Waals surface area contributed by atoms with Crippen molar-refractivity contribution in [1.29, 1.82) is 0 Å². The van der Waals surface area contributed by atoms with Crippen molar-refractivity contribution in [2.45, 2.75) is 19.4 Å². The van der Waals surface area contributed by atoms with Crippen LogP contribution in [0.3, 0.4) is 0 Å². The maximum absolute atomic E-state index is 14.3. The lowest BCUT2D eigenvalue weighted by molar-refractivity contribution is -0.140. The second kappa shape index (κ2) is 11.0. The topological polar surface area (TPSA) is 99.5 Å². The van der Waals surface area contributed by atoms with E-state index in [-0.39, 0.29) is 29.2 Å². The Bertz CT molecular complexity index is 1210. The van der Waals surface area contributed by atoms with Crippen LogP contribution in [0.2, 0.25) is 0 Å². The number of hydrogen-bond acceptors (Lipinski definition) is 7. The van der Waals surface area contributed by atoms with Gasteiger partial charge in [0.25, 0.3) is 11.7 Å². The van der Waals surface area contributed by atoms with Crippen LogP contribution in [0.15, 0.2) is 40.4 Å². The summed E-state index contributed by atoms with van der Waals surface area (Å²) in [7, 11) is 1.39. The van der Waals surface area contributed by atoms with Crippen LogP contribution in [0.5, 0.6) is 11.5 Å². The van der Waals surface area contributed by atoms with Gasteiger partial charge in [-0.15, -0.1) is 0 Å². The van der Waals surface area contributed by atoms with Gasteiger partial charge in [0.2, 0.25) is 0 Å². The molecule has 2 saturated heterocycles. The van der Waals surface area contributed by atoms with Crippen molar-refractivity contribution in [2.24, 2.45) is 0 Å². The van der Waals surface area contributed by atoms with Gasteiger partial charge in [-0.05, 0) is 58.6 Å². The van der Waals surface area contributed by atoms with Gasteiger partial charge < -0.3 is 24.6 Å². The summed E-state index contributed by atoms with van der Waals surface area (Å²) in [6.45, 7) is 5.45. The molecule has 2 aromatic carbocycles. The zero-order valence-electron chi connectivity index (χ0n) is 20.1. The number of methoxy groups -OCH3 is 1. The van der Waals surface area contributed by atoms with Gasteiger partial charge in [-0.1, -0.05) is 12.1 Å². The molecule has 0 bridgehead atoms. The number of morpholine rings is 1. The molecule has 0 radical (unpaired) electrons. The highest BCUT2D eigenvalue weighted by Gasteiger charge is 2.46. The lowest BCUT2D eigenvalue weighted by atomic mass is 9.94. The fourth-order valence-corrected chi connectivity index (χ4v) is 5.01. The molecule has 0 spiro atoms. The third kappa shape index (κ3) is 5.11. The summed E-state index contributed by atoms with van der Waals surface area (Å²) in [5, 5.41) is 21.4. The van der Waals surface area contributed by atoms with Crippen LogP contribution in [-0.2, 0) is 14.3 Å². The summed E-state index contributed by atoms with van der Waals surface area (Å²) in [6, 6.07) is 6.29. The summed E-state index contributed by atoms with van der Waals surface area (Å²) in [5.74, 6) is -2.60. The van der Waals surface area contributed by atoms with Gasteiger partial charge in [0, 0.05) is 31.7 Å². The fourth-order valence-electron chi connectivity index (χ4n) is 4.55. The van der Waals surface area contributed by atoms with Gasteiger partial charge in [-0.25, -0.2) is 4.39 Å². The minimum Gasteiger partial charge on any atom is -0.507 e. The van der Waals surface area contributed by atoms with Crippen LogP contribution in [0.25, 0.3) is 5.76 Å². The number of nitrogens with zero attached hydrogens (tertiary/aromatic N) is 2. The van der Waals surface area contributed by atoms with Crippen molar-refractivity contribution < 1.29 is 33.7 Å². The fraction of sp³-hybridized carbons (Fsp3) is 0.385. The van der Waals surface area contributed by atoms with E-state index in [0.717, 1.165) is 19.2 Å². The summed E-state index contributed by atoms with van der Waals surface area (Å²) >= 11 is 3.29. The van der Waals surface area contributed by atoms with Crippen LogP contribution in [0.4, 0.5) is 4.39 Å². The Morgan fingerprint density at radius 2 is 1.92 bits per heavy atom. The molecule has 10 heteroatoms. The Morgan fingerprint density at radius 1 is 1.19 bits per heavy atom. The molecule has 2 fully saturated rings. The number of likely N-dealkylation sites (tertiary alicyclic amines) is 1. The third-order valence-corrected chi connectivity index (χ3v) is 7.15. The third-order valence-electron chi connectivity index (χ3n) is 6.55. The number of halogens is 2. The number of benzene rings is 2. The van der Waals surface area contributed by atoms with E-state index in [9.17, 15) is 24.2 Å². The molecular formula is C26H28BrFN2O6. The monoisotopic (exact) mass is 562 g/mol. The van der Waals surface area contributed by atoms with E-state index in [1.165, 1.54) is 30.2 Å². The number of carbonyl (C=O) groups is 2. The van der Waals surface area contributed by atoms with Crippen LogP contribution in [0, 0.1) is 12.7 Å². The molecule has 0 aliphatic carbocycles. The average Bonchev–Trinajstić information content (AvgIpc) is 3.12. The lowest BCUT2D eigenvalue weighted by Crippen LogP contribution is -2.39. The number of phenols is 1. The average molecular weight is 563 g/mol. The van der Waals surface area contributed by atoms with Crippen molar-refractivity contribution in [3.8, 4) is 11.5 Å². The van der Waals surface area contributed by atoms with Crippen molar-refractivity contribution in [1.82, 2.24) is 9.80 Å². The van der Waals surface area contributed by atoms with Crippen molar-refractivity contribution >= 4 is 33.4 Å². The Kier molecular flexibility index (Phi) is 7.97. The summed E-state index contributed by atoms with van der Waals surface area (Å²) in [5.41, 5.74) is 0.795. The molecule has 2 aromatic rings. The second-order valence-corrected chi connectivity index (χ2v) is 9.67. The first-order valence-electron chi connectivity index (χ1n) is 11.6. The Hall–Kier alpha value is -2.95. The zero-order valence-corrected chi connectivity index (χ0v) is 21.7. The minimum absolute atomic E-state index is 0.0965. The molecular weight excluding hydrogens is 535 g/mol. The number of amides is 1.